The molecule has 0 aromatic rings. The Kier molecular flexibility index (Phi) is 12.2. The second-order valence-electron chi connectivity index (χ2n) is 5.26. The zero-order chi connectivity index (χ0) is 14.4. The van der Waals surface area contributed by atoms with Gasteiger partial charge >= 0.3 is 6.18 Å². The summed E-state index contributed by atoms with van der Waals surface area (Å²) in [5, 5.41) is 0. The SMILES string of the molecule is CCCCCCCCCCCC/C=C/CC(F)(F)F. The predicted molar refractivity (Wildman–Crippen MR) is 76.3 cm³/mol. The molecule has 0 heterocycles. The van der Waals surface area contributed by atoms with E-state index in [9.17, 15) is 13.2 Å². The molecule has 0 amide bonds. The van der Waals surface area contributed by atoms with Crippen molar-refractivity contribution in [3.63, 3.8) is 0 Å². The van der Waals surface area contributed by atoms with E-state index in [4.69, 9.17) is 0 Å². The first-order valence-electron chi connectivity index (χ1n) is 7.78. The van der Waals surface area contributed by atoms with Gasteiger partial charge in [-0.2, -0.15) is 13.2 Å². The first-order valence-corrected chi connectivity index (χ1v) is 7.78. The Hall–Kier alpha value is -0.470. The van der Waals surface area contributed by atoms with E-state index in [1.165, 1.54) is 57.4 Å². The molecule has 0 aromatic heterocycles. The molecule has 0 unspecified atom stereocenters. The van der Waals surface area contributed by atoms with Crippen LogP contribution in [-0.2, 0) is 0 Å². The maximum absolute atomic E-state index is 11.8. The average molecular weight is 278 g/mol. The summed E-state index contributed by atoms with van der Waals surface area (Å²) in [6, 6.07) is 0. The number of rotatable bonds is 12. The summed E-state index contributed by atoms with van der Waals surface area (Å²) in [6.07, 6.45) is 11.5. The molecule has 0 aliphatic carbocycles. The summed E-state index contributed by atoms with van der Waals surface area (Å²) in [4.78, 5) is 0. The van der Waals surface area contributed by atoms with Gasteiger partial charge in [-0.05, 0) is 12.8 Å². The molecular formula is C16H29F3. The molecule has 0 aromatic carbocycles. The summed E-state index contributed by atoms with van der Waals surface area (Å²) in [5.74, 6) is 0. The van der Waals surface area contributed by atoms with Crippen LogP contribution in [0.1, 0.15) is 84.0 Å². The van der Waals surface area contributed by atoms with Crippen molar-refractivity contribution in [3.8, 4) is 0 Å². The van der Waals surface area contributed by atoms with E-state index < -0.39 is 12.6 Å². The first-order chi connectivity index (χ1) is 9.06. The molecule has 0 saturated carbocycles. The summed E-state index contributed by atoms with van der Waals surface area (Å²) in [5.41, 5.74) is 0. The van der Waals surface area contributed by atoms with Crippen LogP contribution in [0.15, 0.2) is 12.2 Å². The van der Waals surface area contributed by atoms with Crippen molar-refractivity contribution >= 4 is 0 Å². The van der Waals surface area contributed by atoms with Crippen LogP contribution in [0.25, 0.3) is 0 Å². The number of hydrogen-bond acceptors (Lipinski definition) is 0. The first kappa shape index (κ1) is 18.5. The second kappa shape index (κ2) is 12.6. The van der Waals surface area contributed by atoms with E-state index in [-0.39, 0.29) is 0 Å². The Morgan fingerprint density at radius 1 is 0.684 bits per heavy atom. The van der Waals surface area contributed by atoms with Crippen LogP contribution in [0.2, 0.25) is 0 Å². The molecule has 0 rings (SSSR count). The lowest BCUT2D eigenvalue weighted by Crippen LogP contribution is -2.03. The topological polar surface area (TPSA) is 0 Å². The summed E-state index contributed by atoms with van der Waals surface area (Å²) in [7, 11) is 0. The van der Waals surface area contributed by atoms with Crippen LogP contribution in [-0.4, -0.2) is 6.18 Å². The lowest BCUT2D eigenvalue weighted by Gasteiger charge is -2.02. The molecule has 0 atom stereocenters. The highest BCUT2D eigenvalue weighted by molar-refractivity contribution is 4.83. The van der Waals surface area contributed by atoms with E-state index in [1.807, 2.05) is 0 Å². The van der Waals surface area contributed by atoms with Gasteiger partial charge in [0.05, 0.1) is 6.42 Å². The molecule has 0 bridgehead atoms. The van der Waals surface area contributed by atoms with Crippen molar-refractivity contribution in [1.29, 1.82) is 0 Å². The van der Waals surface area contributed by atoms with Gasteiger partial charge in [-0.15, -0.1) is 0 Å². The fourth-order valence-corrected chi connectivity index (χ4v) is 2.08. The Bertz CT molecular complexity index is 207. The minimum atomic E-state index is -4.05. The smallest absolute Gasteiger partial charge is 0.171 e. The fourth-order valence-electron chi connectivity index (χ4n) is 2.08. The standard InChI is InChI=1S/C16H29F3/c1-2-3-4-5-6-7-8-9-10-11-12-13-14-15-16(17,18)19/h13-14H,2-12,15H2,1H3/b14-13+. The van der Waals surface area contributed by atoms with Crippen molar-refractivity contribution < 1.29 is 13.2 Å². The molecule has 3 heteroatoms. The van der Waals surface area contributed by atoms with E-state index in [1.54, 1.807) is 6.08 Å². The number of hydrogen-bond donors (Lipinski definition) is 0. The summed E-state index contributed by atoms with van der Waals surface area (Å²) in [6.45, 7) is 2.23. The van der Waals surface area contributed by atoms with Gasteiger partial charge in [0.15, 0.2) is 0 Å². The minimum Gasteiger partial charge on any atom is -0.171 e. The van der Waals surface area contributed by atoms with Gasteiger partial charge in [0.25, 0.3) is 0 Å². The molecule has 0 nitrogen and oxygen atoms in total. The third-order valence-electron chi connectivity index (χ3n) is 3.24. The number of halogens is 3. The predicted octanol–water partition coefficient (Wildman–Crippen LogP) is 6.81. The van der Waals surface area contributed by atoms with Crippen LogP contribution in [0.3, 0.4) is 0 Å². The van der Waals surface area contributed by atoms with Crippen LogP contribution in [0.4, 0.5) is 13.2 Å². The molecular weight excluding hydrogens is 249 g/mol. The third-order valence-corrected chi connectivity index (χ3v) is 3.24. The van der Waals surface area contributed by atoms with E-state index in [0.29, 0.717) is 0 Å². The van der Waals surface area contributed by atoms with Crippen molar-refractivity contribution in [3.05, 3.63) is 12.2 Å². The van der Waals surface area contributed by atoms with Crippen LogP contribution >= 0.6 is 0 Å². The summed E-state index contributed by atoms with van der Waals surface area (Å²) >= 11 is 0. The molecule has 114 valence electrons. The molecule has 19 heavy (non-hydrogen) atoms. The molecule has 0 spiro atoms. The summed E-state index contributed by atoms with van der Waals surface area (Å²) < 4.78 is 35.5. The lowest BCUT2D eigenvalue weighted by atomic mass is 10.1. The molecule has 0 N–H and O–H groups in total. The van der Waals surface area contributed by atoms with Crippen molar-refractivity contribution in [1.82, 2.24) is 0 Å². The molecule has 0 aliphatic heterocycles. The highest BCUT2D eigenvalue weighted by Crippen LogP contribution is 2.20. The van der Waals surface area contributed by atoms with Crippen LogP contribution < -0.4 is 0 Å². The van der Waals surface area contributed by atoms with Gasteiger partial charge in [-0.1, -0.05) is 76.9 Å². The van der Waals surface area contributed by atoms with E-state index in [0.717, 1.165) is 19.3 Å². The quantitative estimate of drug-likeness (QED) is 0.272. The minimum absolute atomic E-state index is 0.784. The molecule has 0 aliphatic rings. The number of alkyl halides is 3. The normalized spacial score (nSPS) is 12.4. The molecule has 0 radical (unpaired) electrons. The van der Waals surface area contributed by atoms with Gasteiger partial charge < -0.3 is 0 Å². The second-order valence-corrected chi connectivity index (χ2v) is 5.26. The Morgan fingerprint density at radius 3 is 1.63 bits per heavy atom. The number of allylic oxidation sites excluding steroid dienone is 2. The third kappa shape index (κ3) is 17.5. The van der Waals surface area contributed by atoms with Gasteiger partial charge in [0.2, 0.25) is 0 Å². The van der Waals surface area contributed by atoms with Gasteiger partial charge in [-0.3, -0.25) is 0 Å². The van der Waals surface area contributed by atoms with E-state index in [2.05, 4.69) is 6.92 Å². The van der Waals surface area contributed by atoms with Crippen LogP contribution in [0, 0.1) is 0 Å². The maximum Gasteiger partial charge on any atom is 0.392 e. The van der Waals surface area contributed by atoms with Gasteiger partial charge in [0.1, 0.15) is 0 Å². The fraction of sp³-hybridized carbons (Fsp3) is 0.875. The maximum atomic E-state index is 11.8. The number of unbranched alkanes of at least 4 members (excludes halogenated alkanes) is 10. The molecule has 0 fully saturated rings. The highest BCUT2D eigenvalue weighted by Gasteiger charge is 2.24. The highest BCUT2D eigenvalue weighted by atomic mass is 19.4. The van der Waals surface area contributed by atoms with Crippen molar-refractivity contribution in [2.24, 2.45) is 0 Å². The Balaban J connectivity index is 3.11. The lowest BCUT2D eigenvalue weighted by molar-refractivity contribution is -0.125. The average Bonchev–Trinajstić information content (AvgIpc) is 2.34. The van der Waals surface area contributed by atoms with Crippen molar-refractivity contribution in [2.75, 3.05) is 0 Å². The van der Waals surface area contributed by atoms with E-state index >= 15 is 0 Å². The zero-order valence-electron chi connectivity index (χ0n) is 12.3. The molecule has 0 saturated heterocycles. The monoisotopic (exact) mass is 278 g/mol. The van der Waals surface area contributed by atoms with Crippen LogP contribution in [0.5, 0.6) is 0 Å². The Labute approximate surface area is 116 Å². The Morgan fingerprint density at radius 2 is 1.16 bits per heavy atom. The van der Waals surface area contributed by atoms with Gasteiger partial charge in [0, 0.05) is 0 Å². The largest absolute Gasteiger partial charge is 0.392 e. The van der Waals surface area contributed by atoms with Gasteiger partial charge in [-0.25, -0.2) is 0 Å². The van der Waals surface area contributed by atoms with Crippen molar-refractivity contribution in [2.45, 2.75) is 90.1 Å². The zero-order valence-corrected chi connectivity index (χ0v) is 12.3.